The van der Waals surface area contributed by atoms with Crippen molar-refractivity contribution in [2.75, 3.05) is 59.4 Å². The third-order valence-corrected chi connectivity index (χ3v) is 14.9. The highest BCUT2D eigenvalue weighted by Gasteiger charge is 2.40. The number of guanidine groups is 4. The van der Waals surface area contributed by atoms with Gasteiger partial charge in [-0.2, -0.15) is 0 Å². The van der Waals surface area contributed by atoms with Gasteiger partial charge in [-0.15, -0.1) is 0 Å². The second kappa shape index (κ2) is 45.8. The van der Waals surface area contributed by atoms with Crippen LogP contribution in [-0.2, 0) is 57.5 Å². The number of nitrogens with one attached hydrogen (secondary N) is 8. The third kappa shape index (κ3) is 34.1. The molecule has 1 fully saturated rings. The third-order valence-electron chi connectivity index (χ3n) is 14.9. The van der Waals surface area contributed by atoms with Gasteiger partial charge in [-0.3, -0.25) is 77.5 Å². The average molecular weight is 1370 g/mol. The lowest BCUT2D eigenvalue weighted by atomic mass is 10.0. The fraction of sp³-hybridized carbons (Fsp3) is 0.714. The number of hydrogen-bond acceptors (Lipinski definition) is 20. The number of aliphatic imine (C=N–C) groups is 4. The van der Waals surface area contributed by atoms with Gasteiger partial charge in [-0.1, -0.05) is 0 Å². The van der Waals surface area contributed by atoms with Crippen LogP contribution in [0.4, 0.5) is 0 Å². The number of nitrogens with two attached hydrogens (primary N) is 11. The Morgan fingerprint density at radius 1 is 0.469 bits per heavy atom. The summed E-state index contributed by atoms with van der Waals surface area (Å²) in [6.45, 7) is 2.31. The highest BCUT2D eigenvalue weighted by Crippen LogP contribution is 2.20. The molecule has 0 saturated carbocycles. The number of unbranched alkanes of at least 4 members (excludes halogenated alkanes) is 2. The van der Waals surface area contributed by atoms with Gasteiger partial charge in [0.1, 0.15) is 67.0 Å². The molecule has 0 radical (unpaired) electrons. The van der Waals surface area contributed by atoms with E-state index >= 15 is 0 Å². The molecule has 0 unspecified atom stereocenters. The number of aliphatic carboxylic acids is 2. The van der Waals surface area contributed by atoms with Gasteiger partial charge in [0.2, 0.25) is 59.1 Å². The van der Waals surface area contributed by atoms with E-state index in [4.69, 9.17) is 63.1 Å². The zero-order valence-corrected chi connectivity index (χ0v) is 55.0. The zero-order chi connectivity index (χ0) is 72.6. The molecule has 0 bridgehead atoms. The van der Waals surface area contributed by atoms with Crippen LogP contribution >= 0.6 is 0 Å². The van der Waals surface area contributed by atoms with E-state index in [9.17, 15) is 72.9 Å². The maximum atomic E-state index is 14.5. The highest BCUT2D eigenvalue weighted by atomic mass is 16.4. The Labute approximate surface area is 556 Å². The number of nitrogens with zero attached hydrogens (tertiary/aromatic N) is 6. The SMILES string of the molecule is C[C@H](NC(=O)[C@H](CCCN=C(N)N)NC(=O)[C@H](CCCN=C(N)N)NC(=O)[C@H](CCC(=O)O)NC(=O)[C@H](CCCN=C(N)N)NC(=O)[C@@H]1CCCN1C(=O)[C@@H](N)[C@@H](C)O)C(=O)N[C@@H](CCCCN)C(=O)N[C@@H](CCCCN)C(=O)N[C@@H](CCCN=C(N)N)C(=O)N(C)CC(=O)O. The summed E-state index contributed by atoms with van der Waals surface area (Å²) in [6, 6.07) is -14.2. The Kier molecular flexibility index (Phi) is 40.4. The van der Waals surface area contributed by atoms with Crippen molar-refractivity contribution in [1.29, 1.82) is 0 Å². The zero-order valence-electron chi connectivity index (χ0n) is 55.0. The van der Waals surface area contributed by atoms with E-state index in [1.165, 1.54) is 25.8 Å². The van der Waals surface area contributed by atoms with E-state index in [0.717, 1.165) is 4.90 Å². The fourth-order valence-electron chi connectivity index (χ4n) is 9.69. The van der Waals surface area contributed by atoms with Crippen LogP contribution in [0.25, 0.3) is 0 Å². The minimum Gasteiger partial charge on any atom is -0.481 e. The number of hydrogen-bond donors (Lipinski definition) is 22. The van der Waals surface area contributed by atoms with Gasteiger partial charge in [-0.25, -0.2) is 0 Å². The lowest BCUT2D eigenvalue weighted by Crippen LogP contribution is -2.60. The van der Waals surface area contributed by atoms with Crippen LogP contribution in [-0.4, -0.2) is 246 Å². The van der Waals surface area contributed by atoms with E-state index in [1.807, 2.05) is 0 Å². The first-order valence-electron chi connectivity index (χ1n) is 31.7. The first-order valence-corrected chi connectivity index (χ1v) is 31.7. The van der Waals surface area contributed by atoms with Crippen LogP contribution in [0.5, 0.6) is 0 Å². The van der Waals surface area contributed by atoms with Gasteiger partial charge in [0.15, 0.2) is 23.8 Å². The summed E-state index contributed by atoms with van der Waals surface area (Å²) in [5, 5.41) is 49.7. The van der Waals surface area contributed by atoms with Gasteiger partial charge in [0.05, 0.1) is 6.10 Å². The maximum Gasteiger partial charge on any atom is 0.323 e. The first-order chi connectivity index (χ1) is 45.2. The normalized spacial score (nSPS) is 15.6. The second-order valence-electron chi connectivity index (χ2n) is 23.0. The van der Waals surface area contributed by atoms with Crippen LogP contribution in [0.15, 0.2) is 20.0 Å². The summed E-state index contributed by atoms with van der Waals surface area (Å²) < 4.78 is 0. The molecule has 1 aliphatic heterocycles. The number of aliphatic hydroxyl groups excluding tert-OH is 1. The second-order valence-corrected chi connectivity index (χ2v) is 23.0. The molecule has 33 N–H and O–H groups in total. The smallest absolute Gasteiger partial charge is 0.323 e. The predicted octanol–water partition coefficient (Wildman–Crippen LogP) is -9.54. The molecule has 0 aromatic rings. The standard InChI is InChI=1S/C56H105N25O15/c1-30(43(87)73-32(13-4-6-22-57)45(89)74-33(14-5-7-23-58)48(92)79-38(18-11-27-71-56(66)67)51(95)80(3)29-41(85)86)72-44(88)34(15-8-24-68-53(60)61)75-46(90)35(16-9-25-69-54(62)63)76-49(93)37(20-21-40(83)84)77-47(91)36(17-10-26-70-55(64)65)78-50(94)39-19-12-28-81(39)52(96)42(59)31(2)82/h30-39,42,82H,4-29,57-59H2,1-3H3,(H,72,88)(H,73,87)(H,74,89)(H,75,90)(H,76,93)(H,77,91)(H,78,94)(H,79,92)(H,83,84)(H,85,86)(H4,60,61,68)(H4,62,63,69)(H4,64,65,70)(H4,66,67,71)/t30-,31+,32-,33-,34-,35-,36-,37-,38-,39-,42-/m0/s1. The van der Waals surface area contributed by atoms with Crippen molar-refractivity contribution in [3.05, 3.63) is 0 Å². The number of amides is 10. The highest BCUT2D eigenvalue weighted by molar-refractivity contribution is 5.99. The van der Waals surface area contributed by atoms with Gasteiger partial charge in [0, 0.05) is 46.2 Å². The van der Waals surface area contributed by atoms with Gasteiger partial charge in [0.25, 0.3) is 0 Å². The van der Waals surface area contributed by atoms with E-state index in [0.29, 0.717) is 25.7 Å². The van der Waals surface area contributed by atoms with Crippen molar-refractivity contribution < 1.29 is 72.9 Å². The Morgan fingerprint density at radius 2 is 0.802 bits per heavy atom. The maximum absolute atomic E-state index is 14.5. The summed E-state index contributed by atoms with van der Waals surface area (Å²) in [7, 11) is 1.23. The van der Waals surface area contributed by atoms with Crippen molar-refractivity contribution in [3.8, 4) is 0 Å². The molecule has 10 amide bonds. The van der Waals surface area contributed by atoms with Crippen LogP contribution in [0, 0.1) is 0 Å². The van der Waals surface area contributed by atoms with Crippen LogP contribution < -0.4 is 106 Å². The minimum absolute atomic E-state index is 0.00102. The van der Waals surface area contributed by atoms with Gasteiger partial charge in [-0.05, 0) is 136 Å². The lowest BCUT2D eigenvalue weighted by molar-refractivity contribution is -0.145. The number of aliphatic hydroxyl groups is 1. The molecule has 40 heteroatoms. The van der Waals surface area contributed by atoms with Gasteiger partial charge >= 0.3 is 11.9 Å². The molecule has 544 valence electrons. The first kappa shape index (κ1) is 84.6. The predicted molar refractivity (Wildman–Crippen MR) is 353 cm³/mol. The molecule has 96 heavy (non-hydrogen) atoms. The molecule has 11 atom stereocenters. The Hall–Kier alpha value is -9.44. The van der Waals surface area contributed by atoms with E-state index in [2.05, 4.69) is 62.5 Å². The van der Waals surface area contributed by atoms with Crippen molar-refractivity contribution in [2.24, 2.45) is 83.0 Å². The van der Waals surface area contributed by atoms with Crippen molar-refractivity contribution in [2.45, 2.75) is 196 Å². The molecule has 1 aliphatic rings. The van der Waals surface area contributed by atoms with Crippen LogP contribution in [0.1, 0.15) is 129 Å². The molecular weight excluding hydrogens is 1260 g/mol. The Balaban J connectivity index is 3.70. The number of carbonyl (C=O) groups excluding carboxylic acids is 10. The minimum atomic E-state index is -1.72. The monoisotopic (exact) mass is 1370 g/mol. The molecule has 0 aromatic heterocycles. The number of carboxylic acid groups (broad SMARTS) is 2. The lowest BCUT2D eigenvalue weighted by Gasteiger charge is -2.29. The Morgan fingerprint density at radius 3 is 1.16 bits per heavy atom. The number of carbonyl (C=O) groups is 12. The van der Waals surface area contributed by atoms with E-state index in [1.54, 1.807) is 0 Å². The topological polar surface area (TPSA) is 704 Å². The number of rotatable bonds is 48. The molecular formula is C56H105N25O15. The van der Waals surface area contributed by atoms with Crippen molar-refractivity contribution >= 4 is 94.8 Å². The number of likely N-dealkylation sites (N-methyl/N-ethyl adjacent to an activating group) is 1. The number of carboxylic acids is 2. The van der Waals surface area contributed by atoms with Gasteiger partial charge < -0.3 is 131 Å². The molecule has 40 nitrogen and oxygen atoms in total. The fourth-order valence-corrected chi connectivity index (χ4v) is 9.69. The average Bonchev–Trinajstić information content (AvgIpc) is 1.62. The summed E-state index contributed by atoms with van der Waals surface area (Å²) >= 11 is 0. The van der Waals surface area contributed by atoms with E-state index < -0.39 is 157 Å². The summed E-state index contributed by atoms with van der Waals surface area (Å²) in [6.07, 6.45) is -0.972. The summed E-state index contributed by atoms with van der Waals surface area (Å²) in [4.78, 5) is 182. The number of likely N-dealkylation sites (tertiary alicyclic amines) is 1. The molecule has 0 spiro atoms. The Bertz CT molecular complexity index is 2690. The summed E-state index contributed by atoms with van der Waals surface area (Å²) in [5.41, 5.74) is 61.4. The van der Waals surface area contributed by atoms with Crippen molar-refractivity contribution in [3.63, 3.8) is 0 Å². The van der Waals surface area contributed by atoms with E-state index in [-0.39, 0.29) is 147 Å². The molecule has 1 rings (SSSR count). The molecule has 0 aromatic carbocycles. The van der Waals surface area contributed by atoms with Crippen LogP contribution in [0.3, 0.4) is 0 Å². The molecule has 1 heterocycles. The largest absolute Gasteiger partial charge is 0.481 e. The molecule has 1 saturated heterocycles. The quantitative estimate of drug-likeness (QED) is 0.0153. The molecule has 0 aliphatic carbocycles. The van der Waals surface area contributed by atoms with Crippen LogP contribution in [0.2, 0.25) is 0 Å². The van der Waals surface area contributed by atoms with Crippen molar-refractivity contribution in [1.82, 2.24) is 52.3 Å². The summed E-state index contributed by atoms with van der Waals surface area (Å²) in [5.74, 6) is -12.7.